The summed E-state index contributed by atoms with van der Waals surface area (Å²) in [6.07, 6.45) is 5.56. The zero-order valence-corrected chi connectivity index (χ0v) is 7.46. The van der Waals surface area contributed by atoms with Gasteiger partial charge in [-0.2, -0.15) is 0 Å². The average molecular weight is 180 g/mol. The number of rotatable bonds is 1. The Morgan fingerprint density at radius 2 is 2.08 bits per heavy atom. The molecule has 70 valence electrons. The molecule has 1 saturated carbocycles. The highest BCUT2D eigenvalue weighted by Gasteiger charge is 2.32. The minimum atomic E-state index is -0.373. The van der Waals surface area contributed by atoms with Gasteiger partial charge in [0.15, 0.2) is 0 Å². The SMILES string of the molecule is NC1(c2cc(F)ccn2)CCCC1. The molecule has 0 spiro atoms. The summed E-state index contributed by atoms with van der Waals surface area (Å²) in [6, 6.07) is 2.80. The maximum Gasteiger partial charge on any atom is 0.126 e. The molecule has 1 aliphatic rings. The number of halogens is 1. The molecule has 1 aliphatic carbocycles. The molecule has 2 rings (SSSR count). The Morgan fingerprint density at radius 3 is 2.69 bits per heavy atom. The van der Waals surface area contributed by atoms with Gasteiger partial charge in [0.25, 0.3) is 0 Å². The molecular formula is C10H13FN2. The first-order valence-corrected chi connectivity index (χ1v) is 4.62. The largest absolute Gasteiger partial charge is 0.320 e. The van der Waals surface area contributed by atoms with E-state index in [2.05, 4.69) is 4.98 Å². The first-order valence-electron chi connectivity index (χ1n) is 4.62. The lowest BCUT2D eigenvalue weighted by molar-refractivity contribution is 0.443. The van der Waals surface area contributed by atoms with Crippen molar-refractivity contribution in [1.29, 1.82) is 0 Å². The fraction of sp³-hybridized carbons (Fsp3) is 0.500. The molecule has 0 bridgehead atoms. The van der Waals surface area contributed by atoms with Crippen LogP contribution in [0.25, 0.3) is 0 Å². The van der Waals surface area contributed by atoms with Crippen LogP contribution in [0.4, 0.5) is 4.39 Å². The summed E-state index contributed by atoms with van der Waals surface area (Å²) < 4.78 is 12.9. The van der Waals surface area contributed by atoms with Gasteiger partial charge in [0.1, 0.15) is 5.82 Å². The minimum absolute atomic E-state index is 0.248. The molecule has 0 saturated heterocycles. The topological polar surface area (TPSA) is 38.9 Å². The van der Waals surface area contributed by atoms with Crippen LogP contribution in [0.15, 0.2) is 18.3 Å². The van der Waals surface area contributed by atoms with E-state index in [1.807, 2.05) is 0 Å². The number of nitrogens with two attached hydrogens (primary N) is 1. The van der Waals surface area contributed by atoms with Gasteiger partial charge in [-0.15, -0.1) is 0 Å². The number of pyridine rings is 1. The van der Waals surface area contributed by atoms with E-state index in [9.17, 15) is 4.39 Å². The monoisotopic (exact) mass is 180 g/mol. The molecule has 1 aromatic rings. The van der Waals surface area contributed by atoms with E-state index in [4.69, 9.17) is 5.73 Å². The molecule has 13 heavy (non-hydrogen) atoms. The van der Waals surface area contributed by atoms with Crippen LogP contribution in [0.1, 0.15) is 31.4 Å². The Kier molecular flexibility index (Phi) is 2.04. The van der Waals surface area contributed by atoms with Gasteiger partial charge >= 0.3 is 0 Å². The Morgan fingerprint density at radius 1 is 1.38 bits per heavy atom. The second kappa shape index (κ2) is 3.07. The molecule has 0 amide bonds. The summed E-state index contributed by atoms with van der Waals surface area (Å²) in [5.74, 6) is -0.248. The molecule has 0 radical (unpaired) electrons. The van der Waals surface area contributed by atoms with Gasteiger partial charge in [0.05, 0.1) is 11.2 Å². The van der Waals surface area contributed by atoms with Gasteiger partial charge in [-0.1, -0.05) is 12.8 Å². The zero-order valence-electron chi connectivity index (χ0n) is 7.46. The Balaban J connectivity index is 2.33. The van der Waals surface area contributed by atoms with Gasteiger partial charge in [-0.3, -0.25) is 4.98 Å². The Hall–Kier alpha value is -0.960. The van der Waals surface area contributed by atoms with Crippen molar-refractivity contribution >= 4 is 0 Å². The zero-order chi connectivity index (χ0) is 9.31. The fourth-order valence-electron chi connectivity index (χ4n) is 1.94. The second-order valence-electron chi connectivity index (χ2n) is 3.72. The maximum atomic E-state index is 12.9. The highest BCUT2D eigenvalue weighted by Crippen LogP contribution is 2.35. The summed E-state index contributed by atoms with van der Waals surface area (Å²) in [6.45, 7) is 0. The van der Waals surface area contributed by atoms with E-state index in [1.165, 1.54) is 18.3 Å². The third-order valence-electron chi connectivity index (χ3n) is 2.73. The van der Waals surface area contributed by atoms with Crippen LogP contribution in [0.3, 0.4) is 0 Å². The lowest BCUT2D eigenvalue weighted by atomic mass is 9.94. The van der Waals surface area contributed by atoms with Crippen LogP contribution in [-0.4, -0.2) is 4.98 Å². The number of aromatic nitrogens is 1. The normalized spacial score (nSPS) is 20.5. The summed E-state index contributed by atoms with van der Waals surface area (Å²) >= 11 is 0. The highest BCUT2D eigenvalue weighted by molar-refractivity contribution is 5.17. The Labute approximate surface area is 77.0 Å². The maximum absolute atomic E-state index is 12.9. The molecular weight excluding hydrogens is 167 g/mol. The van der Waals surface area contributed by atoms with Crippen LogP contribution in [-0.2, 0) is 5.54 Å². The third kappa shape index (κ3) is 1.56. The molecule has 2 N–H and O–H groups in total. The molecule has 3 heteroatoms. The summed E-state index contributed by atoms with van der Waals surface area (Å²) in [5, 5.41) is 0. The molecule has 2 nitrogen and oxygen atoms in total. The van der Waals surface area contributed by atoms with E-state index < -0.39 is 0 Å². The predicted molar refractivity (Wildman–Crippen MR) is 48.5 cm³/mol. The fourth-order valence-corrected chi connectivity index (χ4v) is 1.94. The molecule has 0 atom stereocenters. The minimum Gasteiger partial charge on any atom is -0.320 e. The molecule has 0 aliphatic heterocycles. The van der Waals surface area contributed by atoms with Crippen LogP contribution < -0.4 is 5.73 Å². The van der Waals surface area contributed by atoms with Gasteiger partial charge < -0.3 is 5.73 Å². The highest BCUT2D eigenvalue weighted by atomic mass is 19.1. The smallest absolute Gasteiger partial charge is 0.126 e. The molecule has 1 aromatic heterocycles. The van der Waals surface area contributed by atoms with Crippen LogP contribution in [0.2, 0.25) is 0 Å². The van der Waals surface area contributed by atoms with E-state index in [1.54, 1.807) is 0 Å². The van der Waals surface area contributed by atoms with E-state index in [-0.39, 0.29) is 11.4 Å². The van der Waals surface area contributed by atoms with E-state index in [0.717, 1.165) is 25.7 Å². The lowest BCUT2D eigenvalue weighted by Gasteiger charge is -2.22. The van der Waals surface area contributed by atoms with Gasteiger partial charge in [-0.25, -0.2) is 4.39 Å². The molecule has 0 aromatic carbocycles. The van der Waals surface area contributed by atoms with Crippen molar-refractivity contribution in [2.24, 2.45) is 5.73 Å². The van der Waals surface area contributed by atoms with Gasteiger partial charge in [-0.05, 0) is 25.0 Å². The van der Waals surface area contributed by atoms with Crippen LogP contribution in [0.5, 0.6) is 0 Å². The van der Waals surface area contributed by atoms with Crippen LogP contribution >= 0.6 is 0 Å². The third-order valence-corrected chi connectivity index (χ3v) is 2.73. The van der Waals surface area contributed by atoms with Crippen LogP contribution in [0, 0.1) is 5.82 Å². The summed E-state index contributed by atoms with van der Waals surface area (Å²) in [5.41, 5.74) is 6.45. The molecule has 1 heterocycles. The Bertz CT molecular complexity index is 306. The van der Waals surface area contributed by atoms with Crippen molar-refractivity contribution in [2.45, 2.75) is 31.2 Å². The van der Waals surface area contributed by atoms with Crippen molar-refractivity contribution in [3.63, 3.8) is 0 Å². The molecule has 0 unspecified atom stereocenters. The average Bonchev–Trinajstić information content (AvgIpc) is 2.54. The first-order chi connectivity index (χ1) is 6.21. The van der Waals surface area contributed by atoms with Crippen molar-refractivity contribution in [1.82, 2.24) is 4.98 Å². The lowest BCUT2D eigenvalue weighted by Crippen LogP contribution is -2.34. The summed E-state index contributed by atoms with van der Waals surface area (Å²) in [7, 11) is 0. The number of hydrogen-bond donors (Lipinski definition) is 1. The quantitative estimate of drug-likeness (QED) is 0.717. The van der Waals surface area contributed by atoms with Crippen molar-refractivity contribution in [3.05, 3.63) is 29.8 Å². The second-order valence-corrected chi connectivity index (χ2v) is 3.72. The van der Waals surface area contributed by atoms with Crippen molar-refractivity contribution < 1.29 is 4.39 Å². The molecule has 1 fully saturated rings. The van der Waals surface area contributed by atoms with Crippen molar-refractivity contribution in [3.8, 4) is 0 Å². The van der Waals surface area contributed by atoms with Crippen molar-refractivity contribution in [2.75, 3.05) is 0 Å². The number of nitrogens with zero attached hydrogens (tertiary/aromatic N) is 1. The standard InChI is InChI=1S/C10H13FN2/c11-8-3-6-13-9(7-8)10(12)4-1-2-5-10/h3,6-7H,1-2,4-5,12H2. The predicted octanol–water partition coefficient (Wildman–Crippen LogP) is 1.95. The first kappa shape index (κ1) is 8.63. The van der Waals surface area contributed by atoms with Gasteiger partial charge in [0, 0.05) is 6.20 Å². The van der Waals surface area contributed by atoms with Gasteiger partial charge in [0.2, 0.25) is 0 Å². The number of hydrogen-bond acceptors (Lipinski definition) is 2. The van der Waals surface area contributed by atoms with E-state index in [0.29, 0.717) is 5.69 Å². The van der Waals surface area contributed by atoms with E-state index >= 15 is 0 Å². The summed E-state index contributed by atoms with van der Waals surface area (Å²) in [4.78, 5) is 4.13.